The number of halogens is 2. The Kier molecular flexibility index (Phi) is 4.53. The first kappa shape index (κ1) is 14.3. The van der Waals surface area contributed by atoms with Crippen molar-refractivity contribution < 1.29 is 23.4 Å². The molecule has 0 unspecified atom stereocenters. The normalized spacial score (nSPS) is 10.4. The quantitative estimate of drug-likeness (QED) is 0.915. The van der Waals surface area contributed by atoms with Crippen molar-refractivity contribution in [2.45, 2.75) is 13.2 Å². The van der Waals surface area contributed by atoms with Crippen LogP contribution in [0.3, 0.4) is 0 Å². The maximum atomic E-state index is 13.5. The van der Waals surface area contributed by atoms with Crippen molar-refractivity contribution in [2.24, 2.45) is 0 Å². The molecule has 20 heavy (non-hydrogen) atoms. The molecule has 0 radical (unpaired) electrons. The molecule has 0 bridgehead atoms. The third-order valence-electron chi connectivity index (χ3n) is 2.83. The van der Waals surface area contributed by atoms with Gasteiger partial charge < -0.3 is 14.6 Å². The first-order valence-corrected chi connectivity index (χ1v) is 5.99. The maximum Gasteiger partial charge on any atom is 0.167 e. The van der Waals surface area contributed by atoms with Gasteiger partial charge in [-0.1, -0.05) is 12.1 Å². The van der Waals surface area contributed by atoms with E-state index in [0.717, 1.165) is 18.2 Å². The smallest absolute Gasteiger partial charge is 0.167 e. The lowest BCUT2D eigenvalue weighted by molar-refractivity contribution is 0.247. The highest BCUT2D eigenvalue weighted by Gasteiger charge is 2.12. The molecular weight excluding hydrogens is 266 g/mol. The fourth-order valence-electron chi connectivity index (χ4n) is 1.81. The zero-order chi connectivity index (χ0) is 14.5. The number of para-hydroxylation sites is 1. The molecule has 0 aliphatic rings. The zero-order valence-electron chi connectivity index (χ0n) is 10.9. The highest BCUT2D eigenvalue weighted by atomic mass is 19.1. The van der Waals surface area contributed by atoms with Gasteiger partial charge >= 0.3 is 0 Å². The number of benzene rings is 2. The molecule has 0 aliphatic heterocycles. The molecule has 5 heteroatoms. The van der Waals surface area contributed by atoms with Crippen LogP contribution in [0.5, 0.6) is 11.5 Å². The molecule has 0 aromatic heterocycles. The van der Waals surface area contributed by atoms with Crippen LogP contribution in [0, 0.1) is 11.6 Å². The van der Waals surface area contributed by atoms with Crippen LogP contribution in [0.4, 0.5) is 8.78 Å². The van der Waals surface area contributed by atoms with Crippen molar-refractivity contribution in [3.63, 3.8) is 0 Å². The van der Waals surface area contributed by atoms with Crippen molar-refractivity contribution in [3.8, 4) is 11.5 Å². The van der Waals surface area contributed by atoms with E-state index in [2.05, 4.69) is 0 Å². The van der Waals surface area contributed by atoms with Crippen molar-refractivity contribution in [1.82, 2.24) is 0 Å². The molecule has 0 atom stereocenters. The third kappa shape index (κ3) is 3.05. The fourth-order valence-corrected chi connectivity index (χ4v) is 1.81. The summed E-state index contributed by atoms with van der Waals surface area (Å²) >= 11 is 0. The van der Waals surface area contributed by atoms with Crippen LogP contribution in [0.1, 0.15) is 11.1 Å². The van der Waals surface area contributed by atoms with Gasteiger partial charge in [0.2, 0.25) is 0 Å². The van der Waals surface area contributed by atoms with E-state index in [-0.39, 0.29) is 18.8 Å². The lowest BCUT2D eigenvalue weighted by Gasteiger charge is -2.14. The summed E-state index contributed by atoms with van der Waals surface area (Å²) in [5.74, 6) is -0.339. The van der Waals surface area contributed by atoms with E-state index in [1.54, 1.807) is 18.2 Å². The van der Waals surface area contributed by atoms with Crippen LogP contribution in [0.15, 0.2) is 36.4 Å². The molecule has 3 nitrogen and oxygen atoms in total. The second-order valence-electron chi connectivity index (χ2n) is 4.13. The van der Waals surface area contributed by atoms with Gasteiger partial charge in [-0.2, -0.15) is 0 Å². The van der Waals surface area contributed by atoms with Crippen molar-refractivity contribution in [3.05, 3.63) is 59.2 Å². The van der Waals surface area contributed by atoms with E-state index in [4.69, 9.17) is 9.47 Å². The van der Waals surface area contributed by atoms with E-state index in [1.165, 1.54) is 7.11 Å². The van der Waals surface area contributed by atoms with E-state index in [0.29, 0.717) is 17.1 Å². The van der Waals surface area contributed by atoms with Gasteiger partial charge in [-0.25, -0.2) is 8.78 Å². The van der Waals surface area contributed by atoms with Crippen molar-refractivity contribution in [1.29, 1.82) is 0 Å². The molecule has 0 saturated carbocycles. The summed E-state index contributed by atoms with van der Waals surface area (Å²) in [6, 6.07) is 8.20. The van der Waals surface area contributed by atoms with Gasteiger partial charge in [0.1, 0.15) is 18.2 Å². The average molecular weight is 280 g/mol. The Morgan fingerprint density at radius 1 is 1.10 bits per heavy atom. The van der Waals surface area contributed by atoms with Crippen LogP contribution in [0.2, 0.25) is 0 Å². The number of hydrogen-bond acceptors (Lipinski definition) is 3. The molecule has 2 aromatic rings. The average Bonchev–Trinajstić information content (AvgIpc) is 2.47. The number of methoxy groups -OCH3 is 1. The molecule has 0 heterocycles. The van der Waals surface area contributed by atoms with E-state index >= 15 is 0 Å². The Hall–Kier alpha value is -2.14. The van der Waals surface area contributed by atoms with Crippen LogP contribution >= 0.6 is 0 Å². The number of aliphatic hydroxyl groups excluding tert-OH is 1. The Morgan fingerprint density at radius 3 is 2.60 bits per heavy atom. The van der Waals surface area contributed by atoms with Gasteiger partial charge in [0.25, 0.3) is 0 Å². The van der Waals surface area contributed by atoms with Gasteiger partial charge in [0, 0.05) is 11.1 Å². The third-order valence-corrected chi connectivity index (χ3v) is 2.83. The maximum absolute atomic E-state index is 13.5. The number of ether oxygens (including phenoxy) is 2. The monoisotopic (exact) mass is 280 g/mol. The Labute approximate surface area is 115 Å². The molecule has 0 aliphatic carbocycles. The first-order valence-electron chi connectivity index (χ1n) is 5.99. The van der Waals surface area contributed by atoms with Crippen molar-refractivity contribution >= 4 is 0 Å². The predicted octanol–water partition coefficient (Wildman–Crippen LogP) is 3.04. The largest absolute Gasteiger partial charge is 0.493 e. The summed E-state index contributed by atoms with van der Waals surface area (Å²) in [4.78, 5) is 0. The molecule has 1 N–H and O–H groups in total. The minimum absolute atomic E-state index is 0.0970. The lowest BCUT2D eigenvalue weighted by atomic mass is 10.2. The minimum Gasteiger partial charge on any atom is -0.493 e. The minimum atomic E-state index is -0.549. The molecule has 2 rings (SSSR count). The zero-order valence-corrected chi connectivity index (χ0v) is 10.9. The van der Waals surface area contributed by atoms with Crippen molar-refractivity contribution in [2.75, 3.05) is 7.11 Å². The van der Waals surface area contributed by atoms with Crippen LogP contribution in [0.25, 0.3) is 0 Å². The molecule has 0 spiro atoms. The first-order chi connectivity index (χ1) is 9.65. The Morgan fingerprint density at radius 2 is 1.90 bits per heavy atom. The standard InChI is InChI=1S/C15H14F2O3/c1-19-14-4-2-3-10(8-18)15(14)20-9-11-7-12(16)5-6-13(11)17/h2-7,18H,8-9H2,1H3. The Bertz CT molecular complexity index is 577. The van der Waals surface area contributed by atoms with Gasteiger partial charge in [-0.05, 0) is 24.3 Å². The van der Waals surface area contributed by atoms with Gasteiger partial charge in [-0.15, -0.1) is 0 Å². The summed E-state index contributed by atoms with van der Waals surface area (Å²) in [5, 5.41) is 9.26. The lowest BCUT2D eigenvalue weighted by Crippen LogP contribution is -2.03. The van der Waals surface area contributed by atoms with E-state index < -0.39 is 11.6 Å². The van der Waals surface area contributed by atoms with Gasteiger partial charge in [0.05, 0.1) is 13.7 Å². The highest BCUT2D eigenvalue weighted by molar-refractivity contribution is 5.46. The van der Waals surface area contributed by atoms with Crippen LogP contribution in [-0.4, -0.2) is 12.2 Å². The molecule has 0 amide bonds. The number of aliphatic hydroxyl groups is 1. The second-order valence-corrected chi connectivity index (χ2v) is 4.13. The fraction of sp³-hybridized carbons (Fsp3) is 0.200. The summed E-state index contributed by atoms with van der Waals surface area (Å²) < 4.78 is 37.2. The molecule has 0 saturated heterocycles. The second kappa shape index (κ2) is 6.34. The summed E-state index contributed by atoms with van der Waals surface area (Å²) in [6.07, 6.45) is 0. The van der Waals surface area contributed by atoms with Crippen LogP contribution in [-0.2, 0) is 13.2 Å². The summed E-state index contributed by atoms with van der Waals surface area (Å²) in [7, 11) is 1.46. The summed E-state index contributed by atoms with van der Waals surface area (Å²) in [6.45, 7) is -0.394. The van der Waals surface area contributed by atoms with E-state index in [1.807, 2.05) is 0 Å². The molecular formula is C15H14F2O3. The Balaban J connectivity index is 2.24. The topological polar surface area (TPSA) is 38.7 Å². The highest BCUT2D eigenvalue weighted by Crippen LogP contribution is 2.32. The molecule has 2 aromatic carbocycles. The van der Waals surface area contributed by atoms with Crippen LogP contribution < -0.4 is 9.47 Å². The van der Waals surface area contributed by atoms with E-state index in [9.17, 15) is 13.9 Å². The van der Waals surface area contributed by atoms with Gasteiger partial charge in [0.15, 0.2) is 11.5 Å². The molecule has 0 fully saturated rings. The summed E-state index contributed by atoms with van der Waals surface area (Å²) in [5.41, 5.74) is 0.612. The molecule has 106 valence electrons. The van der Waals surface area contributed by atoms with Gasteiger partial charge in [-0.3, -0.25) is 0 Å². The number of hydrogen-bond donors (Lipinski definition) is 1. The SMILES string of the molecule is COc1cccc(CO)c1OCc1cc(F)ccc1F. The predicted molar refractivity (Wildman–Crippen MR) is 69.6 cm³/mol. The number of rotatable bonds is 5.